The summed E-state index contributed by atoms with van der Waals surface area (Å²) in [6.07, 6.45) is 3.59. The zero-order valence-corrected chi connectivity index (χ0v) is 14.4. The normalized spacial score (nSPS) is 18.6. The third-order valence-corrected chi connectivity index (χ3v) is 4.84. The predicted molar refractivity (Wildman–Crippen MR) is 95.9 cm³/mol. The van der Waals surface area contributed by atoms with E-state index in [9.17, 15) is 10.1 Å². The van der Waals surface area contributed by atoms with Gasteiger partial charge in [0.25, 0.3) is 5.91 Å². The van der Waals surface area contributed by atoms with Gasteiger partial charge in [-0.15, -0.1) is 0 Å². The second-order valence-corrected chi connectivity index (χ2v) is 6.44. The van der Waals surface area contributed by atoms with E-state index < -0.39 is 0 Å². The monoisotopic (exact) mass is 340 g/mol. The number of piperazine rings is 1. The standard InChI is InChI=1S/C19H24N4O2/c20-14-17(15-22-10-8-21(9-11-22)12-13-24)19(25)23-7-3-5-16-4-1-2-6-18(16)23/h1-2,4,6,15,24H,3,5,7-13H2/b17-15-. The minimum atomic E-state index is -0.215. The molecule has 6 nitrogen and oxygen atoms in total. The molecule has 6 heteroatoms. The number of para-hydroxylation sites is 1. The molecule has 25 heavy (non-hydrogen) atoms. The molecule has 0 saturated carbocycles. The second-order valence-electron chi connectivity index (χ2n) is 6.44. The van der Waals surface area contributed by atoms with Crippen molar-refractivity contribution in [2.24, 2.45) is 0 Å². The molecule has 2 aliphatic heterocycles. The van der Waals surface area contributed by atoms with Crippen molar-refractivity contribution in [2.75, 3.05) is 50.8 Å². The van der Waals surface area contributed by atoms with Crippen LogP contribution in [0.1, 0.15) is 12.0 Å². The Morgan fingerprint density at radius 1 is 1.20 bits per heavy atom. The molecule has 2 aliphatic rings. The molecule has 1 amide bonds. The quantitative estimate of drug-likeness (QED) is 0.654. The van der Waals surface area contributed by atoms with Gasteiger partial charge >= 0.3 is 0 Å². The van der Waals surface area contributed by atoms with Crippen LogP contribution in [0.4, 0.5) is 5.69 Å². The lowest BCUT2D eigenvalue weighted by atomic mass is 10.0. The third kappa shape index (κ3) is 4.01. The molecule has 2 heterocycles. The van der Waals surface area contributed by atoms with Gasteiger partial charge in [0.1, 0.15) is 11.6 Å². The fraction of sp³-hybridized carbons (Fsp3) is 0.474. The Kier molecular flexibility index (Phi) is 5.69. The van der Waals surface area contributed by atoms with Gasteiger partial charge in [-0.05, 0) is 24.5 Å². The van der Waals surface area contributed by atoms with Crippen molar-refractivity contribution in [3.8, 4) is 6.07 Å². The van der Waals surface area contributed by atoms with Crippen LogP contribution in [-0.4, -0.2) is 66.7 Å². The van der Waals surface area contributed by atoms with Gasteiger partial charge < -0.3 is 14.9 Å². The first-order chi connectivity index (χ1) is 12.2. The number of hydrogen-bond acceptors (Lipinski definition) is 5. The van der Waals surface area contributed by atoms with E-state index in [0.29, 0.717) is 13.1 Å². The van der Waals surface area contributed by atoms with Crippen molar-refractivity contribution in [1.82, 2.24) is 9.80 Å². The average Bonchev–Trinajstić information content (AvgIpc) is 2.66. The maximum Gasteiger partial charge on any atom is 0.270 e. The molecule has 1 fully saturated rings. The van der Waals surface area contributed by atoms with Crippen LogP contribution in [0.5, 0.6) is 0 Å². The number of fused-ring (bicyclic) bond motifs is 1. The molecule has 0 bridgehead atoms. The van der Waals surface area contributed by atoms with Crippen LogP contribution >= 0.6 is 0 Å². The number of aliphatic hydroxyl groups is 1. The van der Waals surface area contributed by atoms with E-state index in [1.807, 2.05) is 29.2 Å². The van der Waals surface area contributed by atoms with Gasteiger partial charge in [0.05, 0.1) is 6.61 Å². The highest BCUT2D eigenvalue weighted by molar-refractivity contribution is 6.08. The van der Waals surface area contributed by atoms with E-state index in [-0.39, 0.29) is 18.1 Å². The lowest BCUT2D eigenvalue weighted by molar-refractivity contribution is -0.114. The van der Waals surface area contributed by atoms with Gasteiger partial charge in [-0.3, -0.25) is 9.69 Å². The maximum absolute atomic E-state index is 12.9. The summed E-state index contributed by atoms with van der Waals surface area (Å²) in [4.78, 5) is 18.8. The number of aliphatic hydroxyl groups excluding tert-OH is 1. The van der Waals surface area contributed by atoms with E-state index >= 15 is 0 Å². The number of carbonyl (C=O) groups excluding carboxylic acids is 1. The molecule has 0 aliphatic carbocycles. The van der Waals surface area contributed by atoms with Gasteiger partial charge in [-0.1, -0.05) is 18.2 Å². The number of anilines is 1. The van der Waals surface area contributed by atoms with Crippen molar-refractivity contribution >= 4 is 11.6 Å². The zero-order valence-electron chi connectivity index (χ0n) is 14.4. The van der Waals surface area contributed by atoms with Crippen LogP contribution < -0.4 is 4.90 Å². The van der Waals surface area contributed by atoms with Crippen molar-refractivity contribution in [3.05, 3.63) is 41.6 Å². The summed E-state index contributed by atoms with van der Waals surface area (Å²) in [6.45, 7) is 4.66. The van der Waals surface area contributed by atoms with Crippen LogP contribution in [0.25, 0.3) is 0 Å². The van der Waals surface area contributed by atoms with Gasteiger partial charge in [0, 0.05) is 51.2 Å². The first-order valence-corrected chi connectivity index (χ1v) is 8.82. The molecule has 132 valence electrons. The number of amides is 1. The number of aryl methyl sites for hydroxylation is 1. The molecule has 0 unspecified atom stereocenters. The summed E-state index contributed by atoms with van der Waals surface area (Å²) < 4.78 is 0. The van der Waals surface area contributed by atoms with Crippen LogP contribution in [-0.2, 0) is 11.2 Å². The second kappa shape index (κ2) is 8.15. The number of carbonyl (C=O) groups is 1. The van der Waals surface area contributed by atoms with Gasteiger partial charge in [-0.25, -0.2) is 0 Å². The highest BCUT2D eigenvalue weighted by Crippen LogP contribution is 2.27. The summed E-state index contributed by atoms with van der Waals surface area (Å²) >= 11 is 0. The first kappa shape index (κ1) is 17.5. The largest absolute Gasteiger partial charge is 0.395 e. The van der Waals surface area contributed by atoms with E-state index in [2.05, 4.69) is 11.0 Å². The van der Waals surface area contributed by atoms with E-state index in [0.717, 1.165) is 50.3 Å². The topological polar surface area (TPSA) is 70.8 Å². The average molecular weight is 340 g/mol. The molecule has 1 saturated heterocycles. The minimum absolute atomic E-state index is 0.159. The molecule has 0 radical (unpaired) electrons. The number of benzene rings is 1. The molecule has 1 N–H and O–H groups in total. The van der Waals surface area contributed by atoms with E-state index in [4.69, 9.17) is 5.11 Å². The SMILES string of the molecule is N#C/C(=C/N1CCN(CCO)CC1)C(=O)N1CCCc2ccccc21. The third-order valence-electron chi connectivity index (χ3n) is 4.84. The summed E-state index contributed by atoms with van der Waals surface area (Å²) in [5.74, 6) is -0.215. The fourth-order valence-electron chi connectivity index (χ4n) is 3.46. The van der Waals surface area contributed by atoms with Gasteiger partial charge in [0.15, 0.2) is 0 Å². The van der Waals surface area contributed by atoms with Gasteiger partial charge in [0.2, 0.25) is 0 Å². The molecule has 3 rings (SSSR count). The zero-order chi connectivity index (χ0) is 17.6. The highest BCUT2D eigenvalue weighted by atomic mass is 16.3. The number of β-amino-alcohol motifs (C(OH)–C–C–N with tert-alkyl or cyclic N) is 1. The molecule has 0 atom stereocenters. The van der Waals surface area contributed by atoms with Crippen LogP contribution in [0, 0.1) is 11.3 Å². The Morgan fingerprint density at radius 3 is 2.68 bits per heavy atom. The van der Waals surface area contributed by atoms with Crippen molar-refractivity contribution in [3.63, 3.8) is 0 Å². The molecule has 1 aromatic rings. The Morgan fingerprint density at radius 2 is 1.96 bits per heavy atom. The van der Waals surface area contributed by atoms with Crippen LogP contribution in [0.2, 0.25) is 0 Å². The number of nitriles is 1. The van der Waals surface area contributed by atoms with Crippen molar-refractivity contribution < 1.29 is 9.90 Å². The highest BCUT2D eigenvalue weighted by Gasteiger charge is 2.25. The number of hydrogen-bond donors (Lipinski definition) is 1. The summed E-state index contributed by atoms with van der Waals surface area (Å²) in [5.41, 5.74) is 2.27. The Hall–Kier alpha value is -2.36. The molecule has 1 aromatic carbocycles. The van der Waals surface area contributed by atoms with Gasteiger partial charge in [-0.2, -0.15) is 5.26 Å². The lowest BCUT2D eigenvalue weighted by Gasteiger charge is -2.34. The lowest BCUT2D eigenvalue weighted by Crippen LogP contribution is -2.45. The maximum atomic E-state index is 12.9. The van der Waals surface area contributed by atoms with E-state index in [1.54, 1.807) is 11.1 Å². The predicted octanol–water partition coefficient (Wildman–Crippen LogP) is 0.983. The van der Waals surface area contributed by atoms with Crippen molar-refractivity contribution in [1.29, 1.82) is 5.26 Å². The molecular formula is C19H24N4O2. The fourth-order valence-corrected chi connectivity index (χ4v) is 3.46. The summed E-state index contributed by atoms with van der Waals surface area (Å²) in [5, 5.41) is 18.5. The molecular weight excluding hydrogens is 316 g/mol. The van der Waals surface area contributed by atoms with Crippen molar-refractivity contribution in [2.45, 2.75) is 12.8 Å². The first-order valence-electron chi connectivity index (χ1n) is 8.82. The molecule has 0 aromatic heterocycles. The van der Waals surface area contributed by atoms with E-state index in [1.165, 1.54) is 0 Å². The summed E-state index contributed by atoms with van der Waals surface area (Å²) in [6, 6.07) is 10.0. The van der Waals surface area contributed by atoms with Crippen LogP contribution in [0.3, 0.4) is 0 Å². The number of nitrogens with zero attached hydrogens (tertiary/aromatic N) is 4. The molecule has 0 spiro atoms. The Balaban J connectivity index is 1.72. The van der Waals surface area contributed by atoms with Crippen LogP contribution in [0.15, 0.2) is 36.0 Å². The Labute approximate surface area is 148 Å². The summed E-state index contributed by atoms with van der Waals surface area (Å²) in [7, 11) is 0. The number of rotatable bonds is 4. The Bertz CT molecular complexity index is 687. The minimum Gasteiger partial charge on any atom is -0.395 e. The smallest absolute Gasteiger partial charge is 0.270 e.